The molecule has 0 aliphatic carbocycles. The fourth-order valence-corrected chi connectivity index (χ4v) is 1.23. The van der Waals surface area contributed by atoms with E-state index in [0.717, 1.165) is 12.3 Å². The number of rotatable bonds is 4. The summed E-state index contributed by atoms with van der Waals surface area (Å²) in [4.78, 5) is 15.3. The quantitative estimate of drug-likeness (QED) is 0.843. The Balaban J connectivity index is 2.74. The van der Waals surface area contributed by atoms with Crippen molar-refractivity contribution in [1.29, 1.82) is 0 Å². The van der Waals surface area contributed by atoms with Crippen molar-refractivity contribution >= 4 is 17.5 Å². The zero-order valence-corrected chi connectivity index (χ0v) is 10.6. The zero-order chi connectivity index (χ0) is 13.1. The molecule has 0 aromatic carbocycles. The van der Waals surface area contributed by atoms with Gasteiger partial charge in [0.25, 0.3) is 5.91 Å². The number of nitrogens with one attached hydrogen (secondary N) is 1. The summed E-state index contributed by atoms with van der Waals surface area (Å²) in [6, 6.07) is 1.05. The van der Waals surface area contributed by atoms with Crippen LogP contribution in [0, 0.1) is 5.82 Å². The van der Waals surface area contributed by atoms with E-state index in [1.54, 1.807) is 7.11 Å². The zero-order valence-electron chi connectivity index (χ0n) is 9.88. The van der Waals surface area contributed by atoms with Crippen molar-refractivity contribution in [1.82, 2.24) is 10.3 Å². The summed E-state index contributed by atoms with van der Waals surface area (Å²) in [7, 11) is 1.54. The molecule has 94 valence electrons. The molecular weight excluding hydrogens is 247 g/mol. The molecule has 0 spiro atoms. The molecule has 0 saturated heterocycles. The number of hydrogen-bond donors (Lipinski definition) is 1. The van der Waals surface area contributed by atoms with Crippen LogP contribution in [0.15, 0.2) is 12.3 Å². The van der Waals surface area contributed by atoms with E-state index in [1.165, 1.54) is 0 Å². The molecule has 4 nitrogen and oxygen atoms in total. The fourth-order valence-electron chi connectivity index (χ4n) is 1.04. The van der Waals surface area contributed by atoms with Gasteiger partial charge in [-0.2, -0.15) is 0 Å². The first-order chi connectivity index (χ1) is 7.85. The first-order valence-electron chi connectivity index (χ1n) is 5.00. The third-order valence-electron chi connectivity index (χ3n) is 2.28. The summed E-state index contributed by atoms with van der Waals surface area (Å²) >= 11 is 5.71. The van der Waals surface area contributed by atoms with Gasteiger partial charge in [0.15, 0.2) is 0 Å². The Morgan fingerprint density at radius 3 is 2.88 bits per heavy atom. The van der Waals surface area contributed by atoms with Gasteiger partial charge in [0.2, 0.25) is 0 Å². The predicted molar refractivity (Wildman–Crippen MR) is 62.6 cm³/mol. The van der Waals surface area contributed by atoms with Gasteiger partial charge >= 0.3 is 0 Å². The van der Waals surface area contributed by atoms with E-state index in [2.05, 4.69) is 10.3 Å². The average Bonchev–Trinajstić information content (AvgIpc) is 2.29. The van der Waals surface area contributed by atoms with Crippen LogP contribution >= 0.6 is 11.6 Å². The molecule has 0 aliphatic rings. The smallest absolute Gasteiger partial charge is 0.254 e. The molecule has 0 atom stereocenters. The first-order valence-corrected chi connectivity index (χ1v) is 5.38. The monoisotopic (exact) mass is 260 g/mol. The Hall–Kier alpha value is -1.20. The van der Waals surface area contributed by atoms with Crippen LogP contribution in [0.4, 0.5) is 4.39 Å². The van der Waals surface area contributed by atoms with Crippen LogP contribution in [0.1, 0.15) is 24.2 Å². The van der Waals surface area contributed by atoms with Gasteiger partial charge in [-0.15, -0.1) is 0 Å². The Bertz CT molecular complexity index is 424. The highest BCUT2D eigenvalue weighted by atomic mass is 35.5. The van der Waals surface area contributed by atoms with Gasteiger partial charge in [-0.3, -0.25) is 4.79 Å². The third-order valence-corrected chi connectivity index (χ3v) is 2.58. The highest BCUT2D eigenvalue weighted by Crippen LogP contribution is 2.14. The maximum atomic E-state index is 12.9. The van der Waals surface area contributed by atoms with Gasteiger partial charge < -0.3 is 10.1 Å². The second kappa shape index (κ2) is 5.42. The minimum absolute atomic E-state index is 0.0126. The molecule has 0 unspecified atom stereocenters. The molecule has 0 aliphatic heterocycles. The van der Waals surface area contributed by atoms with Crippen LogP contribution in [0.3, 0.4) is 0 Å². The molecule has 1 rings (SSSR count). The van der Waals surface area contributed by atoms with Gasteiger partial charge in [-0.05, 0) is 19.9 Å². The maximum Gasteiger partial charge on any atom is 0.254 e. The number of nitrogens with zero attached hydrogens (tertiary/aromatic N) is 1. The van der Waals surface area contributed by atoms with E-state index >= 15 is 0 Å². The van der Waals surface area contributed by atoms with Gasteiger partial charge in [0, 0.05) is 13.7 Å². The number of hydrogen-bond acceptors (Lipinski definition) is 3. The summed E-state index contributed by atoms with van der Waals surface area (Å²) in [6.45, 7) is 3.92. The van der Waals surface area contributed by atoms with Gasteiger partial charge in [-0.25, -0.2) is 9.37 Å². The largest absolute Gasteiger partial charge is 0.377 e. The lowest BCUT2D eigenvalue weighted by Crippen LogP contribution is -2.39. The fraction of sp³-hybridized carbons (Fsp3) is 0.455. The highest BCUT2D eigenvalue weighted by Gasteiger charge is 2.19. The molecule has 1 aromatic heterocycles. The van der Waals surface area contributed by atoms with E-state index in [1.807, 2.05) is 13.8 Å². The summed E-state index contributed by atoms with van der Waals surface area (Å²) < 4.78 is 18.1. The lowest BCUT2D eigenvalue weighted by atomic mass is 10.1. The van der Waals surface area contributed by atoms with Crippen LogP contribution in [-0.4, -0.2) is 30.1 Å². The van der Waals surface area contributed by atoms with Crippen molar-refractivity contribution in [3.63, 3.8) is 0 Å². The molecule has 0 fully saturated rings. The Morgan fingerprint density at radius 2 is 2.29 bits per heavy atom. The number of pyridine rings is 1. The van der Waals surface area contributed by atoms with E-state index in [4.69, 9.17) is 16.3 Å². The van der Waals surface area contributed by atoms with Crippen LogP contribution in [0.5, 0.6) is 0 Å². The highest BCUT2D eigenvalue weighted by molar-refractivity contribution is 6.32. The summed E-state index contributed by atoms with van der Waals surface area (Å²) in [5.74, 6) is -1.09. The summed E-state index contributed by atoms with van der Waals surface area (Å²) in [5.41, 5.74) is -0.485. The van der Waals surface area contributed by atoms with Crippen LogP contribution in [0.2, 0.25) is 5.15 Å². The SMILES string of the molecule is COC(C)(C)CNC(=O)c1cc(F)cnc1Cl. The molecule has 1 N–H and O–H groups in total. The van der Waals surface area contributed by atoms with E-state index in [-0.39, 0.29) is 17.3 Å². The molecule has 1 heterocycles. The van der Waals surface area contributed by atoms with Crippen molar-refractivity contribution in [3.8, 4) is 0 Å². The number of amides is 1. The molecule has 6 heteroatoms. The van der Waals surface area contributed by atoms with Crippen molar-refractivity contribution in [2.45, 2.75) is 19.4 Å². The maximum absolute atomic E-state index is 12.9. The number of aromatic nitrogens is 1. The first kappa shape index (κ1) is 13.9. The minimum Gasteiger partial charge on any atom is -0.377 e. The van der Waals surface area contributed by atoms with E-state index in [0.29, 0.717) is 0 Å². The van der Waals surface area contributed by atoms with Gasteiger partial charge in [-0.1, -0.05) is 11.6 Å². The second-order valence-corrected chi connectivity index (χ2v) is 4.50. The number of methoxy groups -OCH3 is 1. The lowest BCUT2D eigenvalue weighted by Gasteiger charge is -2.23. The molecule has 17 heavy (non-hydrogen) atoms. The van der Waals surface area contributed by atoms with Crippen molar-refractivity contribution in [3.05, 3.63) is 28.8 Å². The van der Waals surface area contributed by atoms with Gasteiger partial charge in [0.05, 0.1) is 17.4 Å². The minimum atomic E-state index is -0.606. The Labute approximate surface area is 104 Å². The standard InChI is InChI=1S/C11H14ClFN2O2/c1-11(2,17-3)6-15-10(16)8-4-7(13)5-14-9(8)12/h4-5H,6H2,1-3H3,(H,15,16). The Kier molecular flexibility index (Phi) is 4.42. The van der Waals surface area contributed by atoms with Crippen molar-refractivity contribution < 1.29 is 13.9 Å². The molecule has 1 aromatic rings. The molecule has 0 bridgehead atoms. The summed E-state index contributed by atoms with van der Waals surface area (Å²) in [6.07, 6.45) is 0.957. The van der Waals surface area contributed by atoms with Crippen LogP contribution in [0.25, 0.3) is 0 Å². The molecule has 0 saturated carbocycles. The lowest BCUT2D eigenvalue weighted by molar-refractivity contribution is 0.0228. The number of carbonyl (C=O) groups excluding carboxylic acids is 1. The van der Waals surface area contributed by atoms with Crippen molar-refractivity contribution in [2.24, 2.45) is 0 Å². The Morgan fingerprint density at radius 1 is 1.65 bits per heavy atom. The van der Waals surface area contributed by atoms with Crippen LogP contribution in [-0.2, 0) is 4.74 Å². The van der Waals surface area contributed by atoms with Crippen LogP contribution < -0.4 is 5.32 Å². The van der Waals surface area contributed by atoms with E-state index in [9.17, 15) is 9.18 Å². The predicted octanol–water partition coefficient (Wildman–Crippen LogP) is 2.03. The number of halogens is 2. The normalized spacial score (nSPS) is 11.4. The van der Waals surface area contributed by atoms with Gasteiger partial charge in [0.1, 0.15) is 11.0 Å². The molecule has 0 radical (unpaired) electrons. The molecular formula is C11H14ClFN2O2. The molecule has 1 amide bonds. The third kappa shape index (κ3) is 3.94. The summed E-state index contributed by atoms with van der Waals surface area (Å²) in [5, 5.41) is 2.57. The topological polar surface area (TPSA) is 51.2 Å². The number of carbonyl (C=O) groups is 1. The number of ether oxygens (including phenoxy) is 1. The average molecular weight is 261 g/mol. The second-order valence-electron chi connectivity index (χ2n) is 4.14. The van der Waals surface area contributed by atoms with Crippen molar-refractivity contribution in [2.75, 3.05) is 13.7 Å². The van der Waals surface area contributed by atoms with E-state index < -0.39 is 17.3 Å².